The number of carbonyl (C=O) groups excluding carboxylic acids is 1. The molecule has 2 heteroatoms. The molecule has 11 heavy (non-hydrogen) atoms. The molecular weight excluding hydrogens is 138 g/mol. The van der Waals surface area contributed by atoms with Crippen molar-refractivity contribution in [2.45, 2.75) is 39.7 Å². The first-order chi connectivity index (χ1) is 5.07. The van der Waals surface area contributed by atoms with E-state index in [4.69, 9.17) is 0 Å². The smallest absolute Gasteiger partial charge is 0.146 e. The molecule has 0 saturated carbocycles. The molecule has 66 valence electrons. The van der Waals surface area contributed by atoms with Crippen molar-refractivity contribution in [1.29, 1.82) is 0 Å². The number of ketones is 1. The van der Waals surface area contributed by atoms with Crippen LogP contribution in [-0.4, -0.2) is 18.9 Å². The number of hydrogen-bond acceptors (Lipinski definition) is 2. The zero-order valence-electron chi connectivity index (χ0n) is 7.98. The Kier molecular flexibility index (Phi) is 5.12. The van der Waals surface area contributed by atoms with E-state index in [1.807, 2.05) is 7.05 Å². The standard InChI is InChI=1S/C9H19NO/c1-7(2)5-6-9(10-4)8(3)11/h7,9-10H,5-6H2,1-4H3/t9-/m0/s1. The molecule has 0 fully saturated rings. The van der Waals surface area contributed by atoms with Crippen molar-refractivity contribution in [2.75, 3.05) is 7.05 Å². The van der Waals surface area contributed by atoms with E-state index in [-0.39, 0.29) is 11.8 Å². The van der Waals surface area contributed by atoms with Crippen LogP contribution < -0.4 is 5.32 Å². The maximum absolute atomic E-state index is 10.9. The van der Waals surface area contributed by atoms with Gasteiger partial charge in [-0.15, -0.1) is 0 Å². The van der Waals surface area contributed by atoms with Crippen LogP contribution in [0, 0.1) is 5.92 Å². The van der Waals surface area contributed by atoms with Crippen LogP contribution in [0.25, 0.3) is 0 Å². The zero-order valence-corrected chi connectivity index (χ0v) is 7.98. The first-order valence-electron chi connectivity index (χ1n) is 4.25. The van der Waals surface area contributed by atoms with Crippen LogP contribution in [0.4, 0.5) is 0 Å². The lowest BCUT2D eigenvalue weighted by molar-refractivity contribution is -0.119. The first kappa shape index (κ1) is 10.6. The van der Waals surface area contributed by atoms with Gasteiger partial charge >= 0.3 is 0 Å². The van der Waals surface area contributed by atoms with Gasteiger partial charge in [0.2, 0.25) is 0 Å². The molecule has 0 aliphatic carbocycles. The van der Waals surface area contributed by atoms with Crippen LogP contribution in [0.2, 0.25) is 0 Å². The van der Waals surface area contributed by atoms with Crippen LogP contribution in [0.15, 0.2) is 0 Å². The number of hydrogen-bond donors (Lipinski definition) is 1. The van der Waals surface area contributed by atoms with E-state index in [9.17, 15) is 4.79 Å². The number of nitrogens with one attached hydrogen (secondary N) is 1. The van der Waals surface area contributed by atoms with E-state index in [1.54, 1.807) is 6.92 Å². The molecule has 0 amide bonds. The van der Waals surface area contributed by atoms with Gasteiger partial charge in [-0.2, -0.15) is 0 Å². The fraction of sp³-hybridized carbons (Fsp3) is 0.889. The third-order valence-electron chi connectivity index (χ3n) is 1.87. The van der Waals surface area contributed by atoms with E-state index in [2.05, 4.69) is 19.2 Å². The highest BCUT2D eigenvalue weighted by atomic mass is 16.1. The topological polar surface area (TPSA) is 29.1 Å². The summed E-state index contributed by atoms with van der Waals surface area (Å²) in [5.41, 5.74) is 0. The van der Waals surface area contributed by atoms with Gasteiger partial charge in [0.25, 0.3) is 0 Å². The van der Waals surface area contributed by atoms with Gasteiger partial charge in [-0.05, 0) is 32.7 Å². The van der Waals surface area contributed by atoms with Crippen LogP contribution in [0.3, 0.4) is 0 Å². The molecule has 0 spiro atoms. The summed E-state index contributed by atoms with van der Waals surface area (Å²) in [4.78, 5) is 10.9. The molecule has 0 heterocycles. The number of rotatable bonds is 5. The summed E-state index contributed by atoms with van der Waals surface area (Å²) in [5.74, 6) is 0.929. The van der Waals surface area contributed by atoms with Gasteiger partial charge in [0.1, 0.15) is 5.78 Å². The summed E-state index contributed by atoms with van der Waals surface area (Å²) in [6.45, 7) is 5.99. The molecule has 0 saturated heterocycles. The molecule has 0 aromatic carbocycles. The second-order valence-electron chi connectivity index (χ2n) is 3.42. The molecule has 1 N–H and O–H groups in total. The fourth-order valence-electron chi connectivity index (χ4n) is 1.05. The number of carbonyl (C=O) groups is 1. The predicted octanol–water partition coefficient (Wildman–Crippen LogP) is 1.60. The van der Waals surface area contributed by atoms with Crippen molar-refractivity contribution in [3.05, 3.63) is 0 Å². The minimum Gasteiger partial charge on any atom is -0.311 e. The van der Waals surface area contributed by atoms with Crippen LogP contribution in [0.5, 0.6) is 0 Å². The molecule has 0 radical (unpaired) electrons. The Hall–Kier alpha value is -0.370. The Bertz CT molecular complexity index is 121. The summed E-state index contributed by atoms with van der Waals surface area (Å²) < 4.78 is 0. The monoisotopic (exact) mass is 157 g/mol. The second-order valence-corrected chi connectivity index (χ2v) is 3.42. The summed E-state index contributed by atoms with van der Waals surface area (Å²) in [5, 5.41) is 3.01. The van der Waals surface area contributed by atoms with Crippen LogP contribution in [-0.2, 0) is 4.79 Å². The summed E-state index contributed by atoms with van der Waals surface area (Å²) in [6, 6.07) is 0.0670. The Balaban J connectivity index is 3.61. The fourth-order valence-corrected chi connectivity index (χ4v) is 1.05. The minimum atomic E-state index is 0.0670. The molecule has 0 aromatic heterocycles. The summed E-state index contributed by atoms with van der Waals surface area (Å²) >= 11 is 0. The van der Waals surface area contributed by atoms with Gasteiger partial charge in [0.15, 0.2) is 0 Å². The largest absolute Gasteiger partial charge is 0.311 e. The maximum Gasteiger partial charge on any atom is 0.146 e. The highest BCUT2D eigenvalue weighted by Crippen LogP contribution is 2.06. The van der Waals surface area contributed by atoms with E-state index in [1.165, 1.54) is 0 Å². The van der Waals surface area contributed by atoms with Crippen molar-refractivity contribution in [3.8, 4) is 0 Å². The molecular formula is C9H19NO. The van der Waals surface area contributed by atoms with Crippen molar-refractivity contribution >= 4 is 5.78 Å². The Labute approximate surface area is 69.4 Å². The third kappa shape index (κ3) is 4.96. The average Bonchev–Trinajstić information content (AvgIpc) is 1.87. The predicted molar refractivity (Wildman–Crippen MR) is 47.6 cm³/mol. The van der Waals surface area contributed by atoms with E-state index < -0.39 is 0 Å². The van der Waals surface area contributed by atoms with Gasteiger partial charge in [0, 0.05) is 0 Å². The lowest BCUT2D eigenvalue weighted by atomic mass is 10.0. The maximum atomic E-state index is 10.9. The van der Waals surface area contributed by atoms with Gasteiger partial charge in [-0.25, -0.2) is 0 Å². The normalized spacial score (nSPS) is 13.5. The second kappa shape index (κ2) is 5.30. The summed E-state index contributed by atoms with van der Waals surface area (Å²) in [6.07, 6.45) is 2.08. The SMILES string of the molecule is CN[C@@H](CCC(C)C)C(C)=O. The molecule has 0 aromatic rings. The lowest BCUT2D eigenvalue weighted by Crippen LogP contribution is -2.32. The molecule has 2 nitrogen and oxygen atoms in total. The molecule has 0 rings (SSSR count). The van der Waals surface area contributed by atoms with E-state index >= 15 is 0 Å². The van der Waals surface area contributed by atoms with E-state index in [0.29, 0.717) is 5.92 Å². The van der Waals surface area contributed by atoms with E-state index in [0.717, 1.165) is 12.8 Å². The zero-order chi connectivity index (χ0) is 8.85. The minimum absolute atomic E-state index is 0.0670. The highest BCUT2D eigenvalue weighted by Gasteiger charge is 2.10. The van der Waals surface area contributed by atoms with Gasteiger partial charge in [-0.1, -0.05) is 13.8 Å². The van der Waals surface area contributed by atoms with Gasteiger partial charge in [-0.3, -0.25) is 4.79 Å². The lowest BCUT2D eigenvalue weighted by Gasteiger charge is -2.13. The van der Waals surface area contributed by atoms with Crippen molar-refractivity contribution < 1.29 is 4.79 Å². The van der Waals surface area contributed by atoms with Crippen LogP contribution in [0.1, 0.15) is 33.6 Å². The van der Waals surface area contributed by atoms with Crippen molar-refractivity contribution in [2.24, 2.45) is 5.92 Å². The van der Waals surface area contributed by atoms with Crippen LogP contribution >= 0.6 is 0 Å². The van der Waals surface area contributed by atoms with Crippen molar-refractivity contribution in [3.63, 3.8) is 0 Å². The number of Topliss-reactive ketones (excluding diaryl/α,β-unsaturated/α-hetero) is 1. The number of likely N-dealkylation sites (N-methyl/N-ethyl adjacent to an activating group) is 1. The quantitative estimate of drug-likeness (QED) is 0.656. The Morgan fingerprint density at radius 3 is 2.18 bits per heavy atom. The summed E-state index contributed by atoms with van der Waals surface area (Å²) in [7, 11) is 1.84. The van der Waals surface area contributed by atoms with Gasteiger partial charge < -0.3 is 5.32 Å². The first-order valence-corrected chi connectivity index (χ1v) is 4.25. The molecule has 0 bridgehead atoms. The molecule has 0 aliphatic heterocycles. The van der Waals surface area contributed by atoms with Crippen molar-refractivity contribution in [1.82, 2.24) is 5.32 Å². The molecule has 0 aliphatic rings. The molecule has 1 atom stereocenters. The highest BCUT2D eigenvalue weighted by molar-refractivity contribution is 5.81. The Morgan fingerprint density at radius 1 is 1.36 bits per heavy atom. The molecule has 0 unspecified atom stereocenters. The van der Waals surface area contributed by atoms with Gasteiger partial charge in [0.05, 0.1) is 6.04 Å². The average molecular weight is 157 g/mol. The Morgan fingerprint density at radius 2 is 1.91 bits per heavy atom. The third-order valence-corrected chi connectivity index (χ3v) is 1.87.